The SMILES string of the molecule is COc1ccccc1C(=O)/C=C/c1cc(C2=C(c3cc(/C=C/C(=O)c4ccccc4OC)sc3C)CCC2)c(C)s1. The first-order valence-electron chi connectivity index (χ1n) is 13.5. The van der Waals surface area contributed by atoms with Crippen molar-refractivity contribution in [1.29, 1.82) is 0 Å². The average Bonchev–Trinajstić information content (AvgIpc) is 3.72. The van der Waals surface area contributed by atoms with Gasteiger partial charge in [0, 0.05) is 19.5 Å². The van der Waals surface area contributed by atoms with Gasteiger partial charge in [0.1, 0.15) is 11.5 Å². The van der Waals surface area contributed by atoms with Gasteiger partial charge in [-0.25, -0.2) is 0 Å². The number of carbonyl (C=O) groups excluding carboxylic acids is 2. The van der Waals surface area contributed by atoms with E-state index in [4.69, 9.17) is 9.47 Å². The summed E-state index contributed by atoms with van der Waals surface area (Å²) >= 11 is 3.41. The number of thiophene rings is 2. The molecule has 1 aliphatic carbocycles. The third kappa shape index (κ3) is 6.19. The standard InChI is InChI=1S/C35H32O4S2/c1-22-30(20-24(40-22)16-18-32(36)28-10-5-7-14-34(28)38-3)26-12-9-13-27(26)31-21-25(41-23(31)2)17-19-33(37)29-11-6-8-15-35(29)39-4/h5-8,10-11,14-21H,9,12-13H2,1-4H3/b18-16+,19-17+. The van der Waals surface area contributed by atoms with Crippen molar-refractivity contribution in [2.75, 3.05) is 14.2 Å². The first kappa shape index (κ1) is 28.5. The molecular weight excluding hydrogens is 549 g/mol. The van der Waals surface area contributed by atoms with Crippen LogP contribution < -0.4 is 9.47 Å². The second-order valence-electron chi connectivity index (χ2n) is 9.84. The van der Waals surface area contributed by atoms with Gasteiger partial charge in [0.15, 0.2) is 11.6 Å². The number of ether oxygens (including phenoxy) is 2. The van der Waals surface area contributed by atoms with E-state index in [1.54, 1.807) is 73.3 Å². The van der Waals surface area contributed by atoms with Crippen molar-refractivity contribution in [2.45, 2.75) is 33.1 Å². The lowest BCUT2D eigenvalue weighted by molar-refractivity contribution is 0.103. The summed E-state index contributed by atoms with van der Waals surface area (Å²) in [5.74, 6) is 1.01. The molecule has 0 atom stereocenters. The Morgan fingerprint density at radius 2 is 1.10 bits per heavy atom. The first-order chi connectivity index (χ1) is 19.9. The number of aryl methyl sites for hydroxylation is 2. The highest BCUT2D eigenvalue weighted by atomic mass is 32.1. The summed E-state index contributed by atoms with van der Waals surface area (Å²) in [5.41, 5.74) is 6.42. The number of ketones is 2. The van der Waals surface area contributed by atoms with Crippen LogP contribution in [-0.2, 0) is 0 Å². The molecule has 2 aromatic carbocycles. The molecule has 0 saturated heterocycles. The zero-order valence-corrected chi connectivity index (χ0v) is 25.3. The molecule has 0 bridgehead atoms. The van der Waals surface area contributed by atoms with Crippen molar-refractivity contribution in [3.05, 3.63) is 115 Å². The number of methoxy groups -OCH3 is 2. The van der Waals surface area contributed by atoms with E-state index in [-0.39, 0.29) is 11.6 Å². The van der Waals surface area contributed by atoms with Gasteiger partial charge < -0.3 is 9.47 Å². The summed E-state index contributed by atoms with van der Waals surface area (Å²) in [6.07, 6.45) is 10.2. The van der Waals surface area contributed by atoms with Gasteiger partial charge in [-0.15, -0.1) is 22.7 Å². The molecule has 4 aromatic rings. The maximum absolute atomic E-state index is 12.8. The Balaban J connectivity index is 1.38. The van der Waals surface area contributed by atoms with Crippen LogP contribution in [0.2, 0.25) is 0 Å². The van der Waals surface area contributed by atoms with Crippen molar-refractivity contribution in [3.63, 3.8) is 0 Å². The Morgan fingerprint density at radius 3 is 1.51 bits per heavy atom. The number of rotatable bonds is 10. The Kier molecular flexibility index (Phi) is 8.81. The average molecular weight is 581 g/mol. The second-order valence-corrected chi connectivity index (χ2v) is 12.4. The normalized spacial score (nSPS) is 13.5. The molecule has 4 nitrogen and oxygen atoms in total. The van der Waals surface area contributed by atoms with E-state index in [0.717, 1.165) is 29.0 Å². The Bertz CT molecular complexity index is 1570. The van der Waals surface area contributed by atoms with E-state index in [2.05, 4.69) is 26.0 Å². The van der Waals surface area contributed by atoms with E-state index >= 15 is 0 Å². The van der Waals surface area contributed by atoms with E-state index in [1.165, 1.54) is 32.0 Å². The minimum atomic E-state index is -0.0745. The zero-order chi connectivity index (χ0) is 28.9. The molecule has 0 spiro atoms. The van der Waals surface area contributed by atoms with Crippen molar-refractivity contribution in [1.82, 2.24) is 0 Å². The topological polar surface area (TPSA) is 52.6 Å². The monoisotopic (exact) mass is 580 g/mol. The number of para-hydroxylation sites is 2. The van der Waals surface area contributed by atoms with Crippen molar-refractivity contribution >= 4 is 57.5 Å². The van der Waals surface area contributed by atoms with Crippen molar-refractivity contribution < 1.29 is 19.1 Å². The highest BCUT2D eigenvalue weighted by molar-refractivity contribution is 7.13. The number of hydrogen-bond acceptors (Lipinski definition) is 6. The van der Waals surface area contributed by atoms with Crippen LogP contribution in [0.5, 0.6) is 11.5 Å². The lowest BCUT2D eigenvalue weighted by Gasteiger charge is -2.07. The van der Waals surface area contributed by atoms with Crippen LogP contribution in [0.1, 0.15) is 70.6 Å². The van der Waals surface area contributed by atoms with E-state index < -0.39 is 0 Å². The van der Waals surface area contributed by atoms with Crippen LogP contribution in [0.4, 0.5) is 0 Å². The number of carbonyl (C=O) groups is 2. The molecule has 208 valence electrons. The zero-order valence-electron chi connectivity index (χ0n) is 23.7. The Hall–Kier alpha value is -4.00. The minimum Gasteiger partial charge on any atom is -0.496 e. The van der Waals surface area contributed by atoms with E-state index in [0.29, 0.717) is 22.6 Å². The molecule has 0 unspecified atom stereocenters. The molecule has 0 saturated carbocycles. The third-order valence-corrected chi connectivity index (χ3v) is 9.32. The summed E-state index contributed by atoms with van der Waals surface area (Å²) in [7, 11) is 3.15. The fourth-order valence-electron chi connectivity index (χ4n) is 5.30. The summed E-state index contributed by atoms with van der Waals surface area (Å²) < 4.78 is 10.7. The predicted molar refractivity (Wildman–Crippen MR) is 171 cm³/mol. The van der Waals surface area contributed by atoms with Gasteiger partial charge in [-0.2, -0.15) is 0 Å². The van der Waals surface area contributed by atoms with Crippen LogP contribution in [-0.4, -0.2) is 25.8 Å². The van der Waals surface area contributed by atoms with Crippen LogP contribution in [0, 0.1) is 13.8 Å². The second kappa shape index (κ2) is 12.7. The maximum Gasteiger partial charge on any atom is 0.189 e. The van der Waals surface area contributed by atoms with Gasteiger partial charge in [-0.1, -0.05) is 24.3 Å². The van der Waals surface area contributed by atoms with Gasteiger partial charge >= 0.3 is 0 Å². The highest BCUT2D eigenvalue weighted by Gasteiger charge is 2.23. The third-order valence-electron chi connectivity index (χ3n) is 7.28. The fraction of sp³-hybridized carbons (Fsp3) is 0.200. The molecule has 6 heteroatoms. The van der Waals surface area contributed by atoms with E-state index in [9.17, 15) is 9.59 Å². The van der Waals surface area contributed by atoms with E-state index in [1.807, 2.05) is 36.4 Å². The van der Waals surface area contributed by atoms with Crippen LogP contribution >= 0.6 is 22.7 Å². The van der Waals surface area contributed by atoms with Crippen molar-refractivity contribution in [3.8, 4) is 11.5 Å². The molecule has 2 heterocycles. The highest BCUT2D eigenvalue weighted by Crippen LogP contribution is 2.45. The predicted octanol–water partition coefficient (Wildman–Crippen LogP) is 9.33. The Labute approximate surface area is 249 Å². The summed E-state index contributed by atoms with van der Waals surface area (Å²) in [6.45, 7) is 4.31. The first-order valence-corrected chi connectivity index (χ1v) is 15.2. The quantitative estimate of drug-likeness (QED) is 0.139. The minimum absolute atomic E-state index is 0.0745. The molecule has 0 radical (unpaired) electrons. The molecule has 0 N–H and O–H groups in total. The van der Waals surface area contributed by atoms with Gasteiger partial charge in [0.2, 0.25) is 0 Å². The van der Waals surface area contributed by atoms with Gasteiger partial charge in [0.25, 0.3) is 0 Å². The molecule has 5 rings (SSSR count). The molecule has 41 heavy (non-hydrogen) atoms. The molecule has 0 fully saturated rings. The number of allylic oxidation sites excluding steroid dienone is 4. The van der Waals surface area contributed by atoms with Crippen LogP contribution in [0.25, 0.3) is 23.3 Å². The van der Waals surface area contributed by atoms with Gasteiger partial charge in [-0.3, -0.25) is 9.59 Å². The number of benzene rings is 2. The summed E-state index contributed by atoms with van der Waals surface area (Å²) in [4.78, 5) is 30.3. The molecular formula is C35H32O4S2. The summed E-state index contributed by atoms with van der Waals surface area (Å²) in [6, 6.07) is 19.0. The molecule has 2 aromatic heterocycles. The maximum atomic E-state index is 12.8. The molecule has 0 amide bonds. The fourth-order valence-corrected chi connectivity index (χ4v) is 7.22. The molecule has 1 aliphatic rings. The van der Waals surface area contributed by atoms with Crippen LogP contribution in [0.3, 0.4) is 0 Å². The molecule has 0 aliphatic heterocycles. The largest absolute Gasteiger partial charge is 0.496 e. The number of hydrogen-bond donors (Lipinski definition) is 0. The lowest BCUT2D eigenvalue weighted by atomic mass is 9.97. The van der Waals surface area contributed by atoms with Crippen molar-refractivity contribution in [2.24, 2.45) is 0 Å². The smallest absolute Gasteiger partial charge is 0.189 e. The Morgan fingerprint density at radius 1 is 0.683 bits per heavy atom. The van der Waals surface area contributed by atoms with Gasteiger partial charge in [0.05, 0.1) is 25.3 Å². The summed E-state index contributed by atoms with van der Waals surface area (Å²) in [5, 5.41) is 0. The van der Waals surface area contributed by atoms with Gasteiger partial charge in [-0.05, 0) is 116 Å². The lowest BCUT2D eigenvalue weighted by Crippen LogP contribution is -1.98. The van der Waals surface area contributed by atoms with Crippen LogP contribution in [0.15, 0.2) is 72.8 Å².